The minimum absolute atomic E-state index is 0.0763. The molecule has 0 fully saturated rings. The Balaban J connectivity index is 1.53. The van der Waals surface area contributed by atoms with Gasteiger partial charge in [0.25, 0.3) is 5.91 Å². The predicted octanol–water partition coefficient (Wildman–Crippen LogP) is 3.77. The van der Waals surface area contributed by atoms with Crippen molar-refractivity contribution in [3.63, 3.8) is 0 Å². The zero-order valence-electron chi connectivity index (χ0n) is 19.0. The van der Waals surface area contributed by atoms with Gasteiger partial charge in [-0.05, 0) is 61.0 Å². The van der Waals surface area contributed by atoms with Gasteiger partial charge in [-0.15, -0.1) is 0 Å². The Morgan fingerprint density at radius 2 is 1.86 bits per heavy atom. The first-order valence-corrected chi connectivity index (χ1v) is 11.4. The quantitative estimate of drug-likeness (QED) is 0.207. The van der Waals surface area contributed by atoms with Gasteiger partial charge in [-0.2, -0.15) is 5.10 Å². The Morgan fingerprint density at radius 1 is 1.03 bits per heavy atom. The van der Waals surface area contributed by atoms with E-state index in [1.54, 1.807) is 49.4 Å². The molecule has 0 atom stereocenters. The molecule has 0 aliphatic rings. The Bertz CT molecular complexity index is 1250. The number of hydrogen-bond acceptors (Lipinski definition) is 7. The van der Waals surface area contributed by atoms with E-state index in [-0.39, 0.29) is 13.2 Å². The fourth-order valence-electron chi connectivity index (χ4n) is 2.79. The Hall–Kier alpha value is -4.02. The monoisotopic (exact) mass is 532 g/mol. The second-order valence-electron chi connectivity index (χ2n) is 7.06. The van der Waals surface area contributed by atoms with E-state index in [0.717, 1.165) is 0 Å². The predicted molar refractivity (Wildman–Crippen MR) is 134 cm³/mol. The van der Waals surface area contributed by atoms with E-state index >= 15 is 0 Å². The normalized spacial score (nSPS) is 10.6. The van der Waals surface area contributed by atoms with Gasteiger partial charge in [0.15, 0.2) is 18.1 Å². The number of anilines is 1. The van der Waals surface area contributed by atoms with E-state index in [0.29, 0.717) is 45.2 Å². The van der Waals surface area contributed by atoms with Crippen molar-refractivity contribution in [3.05, 3.63) is 76.2 Å². The maximum Gasteiger partial charge on any atom is 0.329 e. The van der Waals surface area contributed by atoms with Crippen LogP contribution in [0.1, 0.15) is 18.2 Å². The second kappa shape index (κ2) is 13.2. The molecular formula is C24H22Cl2N4O6. The van der Waals surface area contributed by atoms with Crippen LogP contribution in [0.4, 0.5) is 5.69 Å². The number of furan rings is 1. The highest BCUT2D eigenvalue weighted by molar-refractivity contribution is 6.36. The third-order valence-electron chi connectivity index (χ3n) is 4.42. The van der Waals surface area contributed by atoms with E-state index in [4.69, 9.17) is 37.1 Å². The summed E-state index contributed by atoms with van der Waals surface area (Å²) in [7, 11) is 0. The van der Waals surface area contributed by atoms with Crippen molar-refractivity contribution in [1.29, 1.82) is 0 Å². The molecule has 10 nitrogen and oxygen atoms in total. The maximum absolute atomic E-state index is 12.3. The summed E-state index contributed by atoms with van der Waals surface area (Å²) < 4.78 is 16.3. The van der Waals surface area contributed by atoms with E-state index in [9.17, 15) is 14.4 Å². The summed E-state index contributed by atoms with van der Waals surface area (Å²) in [6, 6.07) is 12.9. The first-order chi connectivity index (χ1) is 17.4. The van der Waals surface area contributed by atoms with Gasteiger partial charge in [-0.3, -0.25) is 14.4 Å². The average molecular weight is 533 g/mol. The molecule has 3 rings (SSSR count). The molecule has 12 heteroatoms. The van der Waals surface area contributed by atoms with Gasteiger partial charge in [0.2, 0.25) is 0 Å². The molecule has 3 N–H and O–H groups in total. The molecule has 1 heterocycles. The van der Waals surface area contributed by atoms with Crippen LogP contribution in [0.25, 0.3) is 0 Å². The van der Waals surface area contributed by atoms with Crippen LogP contribution in [0.2, 0.25) is 10.0 Å². The first-order valence-electron chi connectivity index (χ1n) is 10.6. The average Bonchev–Trinajstić information content (AvgIpc) is 3.37. The number of ether oxygens (including phenoxy) is 2. The highest BCUT2D eigenvalue weighted by atomic mass is 35.5. The molecular weight excluding hydrogens is 511 g/mol. The van der Waals surface area contributed by atoms with E-state index in [1.807, 2.05) is 0 Å². The second-order valence-corrected chi connectivity index (χ2v) is 7.91. The highest BCUT2D eigenvalue weighted by Gasteiger charge is 2.13. The number of carbonyl (C=O) groups excluding carboxylic acids is 3. The highest BCUT2D eigenvalue weighted by Crippen LogP contribution is 2.29. The van der Waals surface area contributed by atoms with Gasteiger partial charge in [0.1, 0.15) is 5.76 Å². The molecule has 3 amide bonds. The lowest BCUT2D eigenvalue weighted by atomic mass is 10.2. The molecule has 0 radical (unpaired) electrons. The lowest BCUT2D eigenvalue weighted by Gasteiger charge is -2.13. The van der Waals surface area contributed by atoms with Crippen LogP contribution >= 0.6 is 23.2 Å². The molecule has 188 valence electrons. The van der Waals surface area contributed by atoms with E-state index < -0.39 is 17.7 Å². The van der Waals surface area contributed by atoms with E-state index in [1.165, 1.54) is 18.5 Å². The van der Waals surface area contributed by atoms with Crippen LogP contribution < -0.4 is 25.5 Å². The fourth-order valence-corrected chi connectivity index (χ4v) is 3.25. The smallest absolute Gasteiger partial charge is 0.329 e. The molecule has 0 bridgehead atoms. The SMILES string of the molecule is CCOc1cc(/C=N\NC(=O)C(=O)NCc2ccco2)ccc1OCC(=O)Nc1ccc(Cl)cc1Cl. The number of nitrogens with one attached hydrogen (secondary N) is 3. The van der Waals surface area contributed by atoms with Crippen molar-refractivity contribution >= 4 is 52.8 Å². The Kier molecular flexibility index (Phi) is 9.73. The van der Waals surface area contributed by atoms with Crippen LogP contribution in [0, 0.1) is 0 Å². The van der Waals surface area contributed by atoms with Crippen molar-refractivity contribution in [2.75, 3.05) is 18.5 Å². The topological polar surface area (TPSA) is 131 Å². The summed E-state index contributed by atoms with van der Waals surface area (Å²) in [5.74, 6) is -1.03. The first kappa shape index (κ1) is 26.6. The number of amides is 3. The number of hydrogen-bond donors (Lipinski definition) is 3. The van der Waals surface area contributed by atoms with Crippen molar-refractivity contribution in [2.24, 2.45) is 5.10 Å². The standard InChI is InChI=1S/C24H22Cl2N4O6/c1-2-34-21-10-15(12-28-30-24(33)23(32)27-13-17-4-3-9-35-17)5-8-20(21)36-14-22(31)29-19-7-6-16(25)11-18(19)26/h3-12H,2,13-14H2,1H3,(H,27,32)(H,29,31)(H,30,33)/b28-12-. The van der Waals surface area contributed by atoms with Crippen molar-refractivity contribution in [2.45, 2.75) is 13.5 Å². The zero-order valence-corrected chi connectivity index (χ0v) is 20.6. The number of nitrogens with zero attached hydrogens (tertiary/aromatic N) is 1. The summed E-state index contributed by atoms with van der Waals surface area (Å²) in [5.41, 5.74) is 3.10. The number of halogens is 2. The number of carbonyl (C=O) groups is 3. The fraction of sp³-hybridized carbons (Fsp3) is 0.167. The van der Waals surface area contributed by atoms with Crippen LogP contribution in [0.3, 0.4) is 0 Å². The van der Waals surface area contributed by atoms with Crippen molar-refractivity contribution < 1.29 is 28.3 Å². The van der Waals surface area contributed by atoms with Gasteiger partial charge in [-0.25, -0.2) is 5.43 Å². The molecule has 0 aliphatic heterocycles. The van der Waals surface area contributed by atoms with Gasteiger partial charge in [0.05, 0.1) is 36.3 Å². The van der Waals surface area contributed by atoms with Crippen molar-refractivity contribution in [1.82, 2.24) is 10.7 Å². The van der Waals surface area contributed by atoms with Gasteiger partial charge >= 0.3 is 11.8 Å². The summed E-state index contributed by atoms with van der Waals surface area (Å²) in [6.07, 6.45) is 2.80. The molecule has 0 unspecified atom stereocenters. The largest absolute Gasteiger partial charge is 0.490 e. The molecule has 0 saturated heterocycles. The molecule has 2 aromatic carbocycles. The minimum atomic E-state index is -0.936. The van der Waals surface area contributed by atoms with Gasteiger partial charge < -0.3 is 24.5 Å². The van der Waals surface area contributed by atoms with Gasteiger partial charge in [-0.1, -0.05) is 23.2 Å². The van der Waals surface area contributed by atoms with Crippen LogP contribution in [0.15, 0.2) is 64.3 Å². The lowest BCUT2D eigenvalue weighted by molar-refractivity contribution is -0.139. The Labute approximate surface area is 216 Å². The zero-order chi connectivity index (χ0) is 25.9. The van der Waals surface area contributed by atoms with Crippen LogP contribution in [-0.2, 0) is 20.9 Å². The third-order valence-corrected chi connectivity index (χ3v) is 4.97. The summed E-state index contributed by atoms with van der Waals surface area (Å²) >= 11 is 11.9. The maximum atomic E-state index is 12.3. The number of rotatable bonds is 10. The number of benzene rings is 2. The third kappa shape index (κ3) is 8.03. The lowest BCUT2D eigenvalue weighted by Crippen LogP contribution is -2.37. The van der Waals surface area contributed by atoms with E-state index in [2.05, 4.69) is 21.2 Å². The van der Waals surface area contributed by atoms with Gasteiger partial charge in [0, 0.05) is 5.02 Å². The molecule has 0 spiro atoms. The van der Waals surface area contributed by atoms with Crippen molar-refractivity contribution in [3.8, 4) is 11.5 Å². The molecule has 0 aliphatic carbocycles. The number of hydrazone groups is 1. The van der Waals surface area contributed by atoms with Crippen LogP contribution in [-0.4, -0.2) is 37.1 Å². The van der Waals surface area contributed by atoms with Crippen LogP contribution in [0.5, 0.6) is 11.5 Å². The summed E-state index contributed by atoms with van der Waals surface area (Å²) in [6.45, 7) is 1.92. The molecule has 36 heavy (non-hydrogen) atoms. The minimum Gasteiger partial charge on any atom is -0.490 e. The summed E-state index contributed by atoms with van der Waals surface area (Å²) in [4.78, 5) is 36.0. The Morgan fingerprint density at radius 3 is 2.58 bits per heavy atom. The molecule has 0 saturated carbocycles. The molecule has 1 aromatic heterocycles. The summed E-state index contributed by atoms with van der Waals surface area (Å²) in [5, 5.41) is 9.59. The molecule has 3 aromatic rings.